The van der Waals surface area contributed by atoms with Crippen LogP contribution >= 0.6 is 0 Å². The largest absolute Gasteiger partial charge is 0.462 e. The van der Waals surface area contributed by atoms with Crippen molar-refractivity contribution in [3.63, 3.8) is 0 Å². The summed E-state index contributed by atoms with van der Waals surface area (Å²) in [6, 6.07) is 9.50. The molecule has 2 rings (SSSR count). The van der Waals surface area contributed by atoms with E-state index in [1.165, 1.54) is 38.5 Å². The molecule has 1 aromatic carbocycles. The van der Waals surface area contributed by atoms with Crippen LogP contribution in [0.5, 0.6) is 0 Å². The van der Waals surface area contributed by atoms with Gasteiger partial charge in [-0.1, -0.05) is 81.9 Å². The maximum Gasteiger partial charge on any atom is 0.339 e. The van der Waals surface area contributed by atoms with Gasteiger partial charge in [0.15, 0.2) is 5.78 Å². The number of hydrogen-bond acceptors (Lipinski definition) is 3. The van der Waals surface area contributed by atoms with Crippen LogP contribution in [-0.4, -0.2) is 18.4 Å². The summed E-state index contributed by atoms with van der Waals surface area (Å²) in [7, 11) is 0. The van der Waals surface area contributed by atoms with Gasteiger partial charge < -0.3 is 4.74 Å². The number of ketones is 1. The fraction of sp³-hybridized carbons (Fsp3) is 0.520. The third-order valence-electron chi connectivity index (χ3n) is 5.21. The zero-order valence-electron chi connectivity index (χ0n) is 17.5. The second-order valence-electron chi connectivity index (χ2n) is 7.40. The Morgan fingerprint density at radius 3 is 2.32 bits per heavy atom. The molecule has 0 saturated heterocycles. The van der Waals surface area contributed by atoms with Crippen LogP contribution in [0.4, 0.5) is 0 Å². The van der Waals surface area contributed by atoms with Crippen molar-refractivity contribution in [1.82, 2.24) is 0 Å². The lowest BCUT2D eigenvalue weighted by Gasteiger charge is -2.21. The van der Waals surface area contributed by atoms with E-state index in [-0.39, 0.29) is 11.8 Å². The highest BCUT2D eigenvalue weighted by atomic mass is 16.5. The number of carbonyl (C=O) groups excluding carboxylic acids is 2. The van der Waals surface area contributed by atoms with Gasteiger partial charge in [-0.15, -0.1) is 0 Å². The molecule has 152 valence electrons. The average molecular weight is 383 g/mol. The van der Waals surface area contributed by atoms with Crippen molar-refractivity contribution < 1.29 is 14.3 Å². The Bertz CT molecular complexity index is 698. The highest BCUT2D eigenvalue weighted by Gasteiger charge is 2.30. The van der Waals surface area contributed by atoms with E-state index in [2.05, 4.69) is 13.0 Å². The number of hydrogen-bond donors (Lipinski definition) is 0. The van der Waals surface area contributed by atoms with E-state index in [0.717, 1.165) is 24.0 Å². The van der Waals surface area contributed by atoms with E-state index < -0.39 is 0 Å². The smallest absolute Gasteiger partial charge is 0.339 e. The first kappa shape index (κ1) is 22.1. The first-order valence-corrected chi connectivity index (χ1v) is 10.9. The van der Waals surface area contributed by atoms with Crippen molar-refractivity contribution in [2.45, 2.75) is 78.1 Å². The minimum atomic E-state index is -0.375. The van der Waals surface area contributed by atoms with Gasteiger partial charge in [0.05, 0.1) is 12.2 Å². The number of ether oxygens (including phenoxy) is 1. The Labute approximate surface area is 169 Å². The number of esters is 1. The molecule has 0 N–H and O–H groups in total. The summed E-state index contributed by atoms with van der Waals surface area (Å²) in [5.41, 5.74) is 2.78. The van der Waals surface area contributed by atoms with Crippen molar-refractivity contribution in [2.75, 3.05) is 6.61 Å². The molecule has 0 unspecified atom stereocenters. The van der Waals surface area contributed by atoms with Crippen LogP contribution in [-0.2, 0) is 14.3 Å². The van der Waals surface area contributed by atoms with Crippen molar-refractivity contribution in [3.8, 4) is 0 Å². The third-order valence-corrected chi connectivity index (χ3v) is 5.21. The minimum Gasteiger partial charge on any atom is -0.462 e. The highest BCUT2D eigenvalue weighted by Crippen LogP contribution is 2.34. The van der Waals surface area contributed by atoms with Crippen molar-refractivity contribution >= 4 is 17.3 Å². The van der Waals surface area contributed by atoms with Gasteiger partial charge in [0, 0.05) is 12.0 Å². The molecule has 0 atom stereocenters. The molecule has 0 radical (unpaired) electrons. The average Bonchev–Trinajstić information content (AvgIpc) is 2.71. The first-order chi connectivity index (χ1) is 13.7. The number of benzene rings is 1. The molecule has 0 spiro atoms. The van der Waals surface area contributed by atoms with Gasteiger partial charge in [0.25, 0.3) is 0 Å². The fourth-order valence-electron chi connectivity index (χ4n) is 3.73. The van der Waals surface area contributed by atoms with Gasteiger partial charge in [0.2, 0.25) is 0 Å². The van der Waals surface area contributed by atoms with Crippen molar-refractivity contribution in [3.05, 3.63) is 53.1 Å². The van der Waals surface area contributed by atoms with Crippen LogP contribution < -0.4 is 0 Å². The molecule has 28 heavy (non-hydrogen) atoms. The number of carbonyl (C=O) groups is 2. The van der Waals surface area contributed by atoms with Crippen molar-refractivity contribution in [2.24, 2.45) is 0 Å². The summed E-state index contributed by atoms with van der Waals surface area (Å²) in [6.07, 6.45) is 13.0. The lowest BCUT2D eigenvalue weighted by Crippen LogP contribution is -2.20. The van der Waals surface area contributed by atoms with E-state index in [1.807, 2.05) is 30.3 Å². The van der Waals surface area contributed by atoms with E-state index >= 15 is 0 Å². The Kier molecular flexibility index (Phi) is 9.74. The molecule has 3 heteroatoms. The van der Waals surface area contributed by atoms with Gasteiger partial charge in [-0.05, 0) is 37.3 Å². The van der Waals surface area contributed by atoms with Crippen LogP contribution in [0.25, 0.3) is 5.57 Å². The van der Waals surface area contributed by atoms with Gasteiger partial charge in [0.1, 0.15) is 0 Å². The zero-order chi connectivity index (χ0) is 20.2. The number of rotatable bonds is 11. The maximum absolute atomic E-state index is 12.7. The summed E-state index contributed by atoms with van der Waals surface area (Å²) < 4.78 is 5.30. The Hall–Kier alpha value is -2.16. The monoisotopic (exact) mass is 382 g/mol. The summed E-state index contributed by atoms with van der Waals surface area (Å²) in [5.74, 6) is -0.345. The number of Topliss-reactive ketones (excluding diaryl/α,β-unsaturated/α-hetero) is 1. The van der Waals surface area contributed by atoms with E-state index in [4.69, 9.17) is 4.74 Å². The predicted molar refractivity (Wildman–Crippen MR) is 115 cm³/mol. The summed E-state index contributed by atoms with van der Waals surface area (Å²) in [4.78, 5) is 25.4. The molecule has 0 amide bonds. The van der Waals surface area contributed by atoms with Gasteiger partial charge in [-0.25, -0.2) is 4.79 Å². The molecule has 0 heterocycles. The molecular weight excluding hydrogens is 348 g/mol. The lowest BCUT2D eigenvalue weighted by atomic mass is 9.82. The van der Waals surface area contributed by atoms with Gasteiger partial charge in [-0.2, -0.15) is 0 Å². The summed E-state index contributed by atoms with van der Waals surface area (Å²) in [5, 5.41) is 0. The van der Waals surface area contributed by atoms with Crippen LogP contribution in [0, 0.1) is 0 Å². The lowest BCUT2D eigenvalue weighted by molar-refractivity contribution is -0.138. The first-order valence-electron chi connectivity index (χ1n) is 10.9. The molecule has 0 aliphatic heterocycles. The Morgan fingerprint density at radius 2 is 1.64 bits per heavy atom. The van der Waals surface area contributed by atoms with Gasteiger partial charge in [-0.3, -0.25) is 4.79 Å². The quantitative estimate of drug-likeness (QED) is 0.327. The van der Waals surface area contributed by atoms with Crippen molar-refractivity contribution in [1.29, 1.82) is 0 Å². The SMILES string of the molecule is CCCCCCCCC/C=C1/CCC(=O)C(c2ccccc2)=C1C(=O)OCC. The zero-order valence-corrected chi connectivity index (χ0v) is 17.5. The van der Waals surface area contributed by atoms with E-state index in [1.54, 1.807) is 6.92 Å². The van der Waals surface area contributed by atoms with Gasteiger partial charge >= 0.3 is 5.97 Å². The Balaban J connectivity index is 2.14. The third kappa shape index (κ3) is 6.47. The highest BCUT2D eigenvalue weighted by molar-refractivity contribution is 6.28. The maximum atomic E-state index is 12.7. The minimum absolute atomic E-state index is 0.0299. The number of unbranched alkanes of at least 4 members (excludes halogenated alkanes) is 7. The molecular formula is C25H34O3. The molecule has 1 aromatic rings. The Morgan fingerprint density at radius 1 is 0.964 bits per heavy atom. The van der Waals surface area contributed by atoms with Crippen LogP contribution in [0.3, 0.4) is 0 Å². The fourth-order valence-corrected chi connectivity index (χ4v) is 3.73. The van der Waals surface area contributed by atoms with E-state index in [0.29, 0.717) is 30.6 Å². The normalized spacial score (nSPS) is 15.9. The topological polar surface area (TPSA) is 43.4 Å². The molecule has 0 fully saturated rings. The second-order valence-corrected chi connectivity index (χ2v) is 7.40. The molecule has 1 aliphatic rings. The standard InChI is InChI=1S/C25H34O3/c1-3-5-6-7-8-9-10-12-17-21-18-19-22(26)23(20-15-13-11-14-16-20)24(21)25(27)28-4-2/h11,13-17H,3-10,12,18-19H2,1-2H3/b21-17-. The van der Waals surface area contributed by atoms with E-state index in [9.17, 15) is 9.59 Å². The van der Waals surface area contributed by atoms with Crippen LogP contribution in [0.1, 0.15) is 83.6 Å². The second kappa shape index (κ2) is 12.3. The summed E-state index contributed by atoms with van der Waals surface area (Å²) >= 11 is 0. The van der Waals surface area contributed by atoms with Crippen LogP contribution in [0.2, 0.25) is 0 Å². The molecule has 0 saturated carbocycles. The predicted octanol–water partition coefficient (Wildman–Crippen LogP) is 6.43. The summed E-state index contributed by atoms with van der Waals surface area (Å²) in [6.45, 7) is 4.34. The molecule has 3 nitrogen and oxygen atoms in total. The molecule has 0 aromatic heterocycles. The molecule has 0 bridgehead atoms. The van der Waals surface area contributed by atoms with Crippen LogP contribution in [0.15, 0.2) is 47.6 Å². The number of allylic oxidation sites excluding steroid dienone is 2. The molecule has 1 aliphatic carbocycles.